The van der Waals surface area contributed by atoms with Gasteiger partial charge in [0.15, 0.2) is 9.84 Å². The van der Waals surface area contributed by atoms with Crippen LogP contribution < -0.4 is 0 Å². The summed E-state index contributed by atoms with van der Waals surface area (Å²) in [6, 6.07) is 0.264. The molecular formula is C16H31NO2S. The second-order valence-electron chi connectivity index (χ2n) is 8.08. The van der Waals surface area contributed by atoms with Crippen LogP contribution in [0.3, 0.4) is 0 Å². The van der Waals surface area contributed by atoms with Crippen molar-refractivity contribution in [2.45, 2.75) is 58.9 Å². The molecule has 2 rings (SSSR count). The minimum absolute atomic E-state index is 0.264. The average molecular weight is 301 g/mol. The minimum Gasteiger partial charge on any atom is -0.302 e. The van der Waals surface area contributed by atoms with E-state index in [1.807, 2.05) is 0 Å². The third-order valence-corrected chi connectivity index (χ3v) is 7.20. The maximum absolute atomic E-state index is 11.6. The summed E-state index contributed by atoms with van der Waals surface area (Å²) in [7, 11) is -0.639. The predicted molar refractivity (Wildman–Crippen MR) is 84.6 cm³/mol. The Bertz CT molecular complexity index is 416. The zero-order valence-corrected chi connectivity index (χ0v) is 14.4. The highest BCUT2D eigenvalue weighted by Gasteiger charge is 2.33. The van der Waals surface area contributed by atoms with Crippen LogP contribution in [0.1, 0.15) is 52.9 Å². The molecule has 20 heavy (non-hydrogen) atoms. The second-order valence-corrected chi connectivity index (χ2v) is 10.3. The van der Waals surface area contributed by atoms with Crippen LogP contribution in [0.4, 0.5) is 0 Å². The number of hydrogen-bond donors (Lipinski definition) is 0. The van der Waals surface area contributed by atoms with Gasteiger partial charge in [-0.25, -0.2) is 8.42 Å². The van der Waals surface area contributed by atoms with E-state index in [0.717, 1.165) is 24.8 Å². The number of sulfone groups is 1. The molecule has 1 saturated carbocycles. The molecule has 3 nitrogen and oxygen atoms in total. The normalized spacial score (nSPS) is 34.5. The zero-order chi connectivity index (χ0) is 15.0. The molecule has 1 aliphatic carbocycles. The molecule has 2 aliphatic rings. The van der Waals surface area contributed by atoms with E-state index in [4.69, 9.17) is 0 Å². The van der Waals surface area contributed by atoms with Crippen LogP contribution in [-0.4, -0.2) is 44.5 Å². The maximum atomic E-state index is 11.6. The SMILES string of the molecule is CN(CC1CCC(C(C)(C)C)CC1)C1CCS(=O)(=O)C1. The van der Waals surface area contributed by atoms with Gasteiger partial charge in [0, 0.05) is 12.6 Å². The van der Waals surface area contributed by atoms with Crippen molar-refractivity contribution >= 4 is 9.84 Å². The average Bonchev–Trinajstić information content (AvgIpc) is 2.69. The number of rotatable bonds is 3. The summed E-state index contributed by atoms with van der Waals surface area (Å²) in [5, 5.41) is 0. The van der Waals surface area contributed by atoms with Crippen molar-refractivity contribution in [2.75, 3.05) is 25.1 Å². The molecular weight excluding hydrogens is 270 g/mol. The molecule has 2 fully saturated rings. The minimum atomic E-state index is -2.75. The molecule has 4 heteroatoms. The smallest absolute Gasteiger partial charge is 0.151 e. The summed E-state index contributed by atoms with van der Waals surface area (Å²) in [6.45, 7) is 8.14. The highest BCUT2D eigenvalue weighted by atomic mass is 32.2. The lowest BCUT2D eigenvalue weighted by molar-refractivity contribution is 0.122. The third kappa shape index (κ3) is 4.20. The summed E-state index contributed by atoms with van der Waals surface area (Å²) in [4.78, 5) is 2.31. The maximum Gasteiger partial charge on any atom is 0.151 e. The van der Waals surface area contributed by atoms with Crippen molar-refractivity contribution < 1.29 is 8.42 Å². The fourth-order valence-electron chi connectivity index (χ4n) is 3.89. The molecule has 0 radical (unpaired) electrons. The molecule has 0 aromatic heterocycles. The lowest BCUT2D eigenvalue weighted by Gasteiger charge is -2.38. The van der Waals surface area contributed by atoms with Gasteiger partial charge in [0.05, 0.1) is 11.5 Å². The van der Waals surface area contributed by atoms with Gasteiger partial charge in [-0.05, 0) is 56.4 Å². The Morgan fingerprint density at radius 3 is 2.10 bits per heavy atom. The summed E-state index contributed by atoms with van der Waals surface area (Å²) < 4.78 is 23.1. The lowest BCUT2D eigenvalue weighted by atomic mass is 9.70. The molecule has 0 aromatic carbocycles. The molecule has 1 atom stereocenters. The van der Waals surface area contributed by atoms with Gasteiger partial charge in [-0.2, -0.15) is 0 Å². The van der Waals surface area contributed by atoms with Gasteiger partial charge in [-0.1, -0.05) is 20.8 Å². The van der Waals surface area contributed by atoms with E-state index in [0.29, 0.717) is 16.9 Å². The van der Waals surface area contributed by atoms with Gasteiger partial charge >= 0.3 is 0 Å². The van der Waals surface area contributed by atoms with Crippen molar-refractivity contribution in [1.82, 2.24) is 4.90 Å². The predicted octanol–water partition coefficient (Wildman–Crippen LogP) is 2.96. The molecule has 0 N–H and O–H groups in total. The van der Waals surface area contributed by atoms with Crippen LogP contribution >= 0.6 is 0 Å². The Labute approximate surface area is 125 Å². The standard InChI is InChI=1S/C16H31NO2S/c1-16(2,3)14-7-5-13(6-8-14)11-17(4)15-9-10-20(18,19)12-15/h13-15H,5-12H2,1-4H3. The van der Waals surface area contributed by atoms with Crippen LogP contribution in [0, 0.1) is 17.3 Å². The first kappa shape index (κ1) is 16.3. The van der Waals surface area contributed by atoms with Crippen LogP contribution in [0.2, 0.25) is 0 Å². The van der Waals surface area contributed by atoms with Crippen LogP contribution in [0.5, 0.6) is 0 Å². The number of hydrogen-bond acceptors (Lipinski definition) is 3. The summed E-state index contributed by atoms with van der Waals surface area (Å²) >= 11 is 0. The van der Waals surface area contributed by atoms with Gasteiger partial charge < -0.3 is 4.90 Å². The van der Waals surface area contributed by atoms with Crippen molar-refractivity contribution in [2.24, 2.45) is 17.3 Å². The van der Waals surface area contributed by atoms with Crippen molar-refractivity contribution in [1.29, 1.82) is 0 Å². The summed E-state index contributed by atoms with van der Waals surface area (Å²) in [5.74, 6) is 2.39. The molecule has 0 bridgehead atoms. The molecule has 0 spiro atoms. The van der Waals surface area contributed by atoms with E-state index >= 15 is 0 Å². The van der Waals surface area contributed by atoms with Crippen LogP contribution in [-0.2, 0) is 9.84 Å². The Kier molecular flexibility index (Phi) is 4.85. The zero-order valence-electron chi connectivity index (χ0n) is 13.6. The summed E-state index contributed by atoms with van der Waals surface area (Å²) in [6.07, 6.45) is 6.13. The Morgan fingerprint density at radius 1 is 1.05 bits per heavy atom. The fourth-order valence-corrected chi connectivity index (χ4v) is 5.70. The highest BCUT2D eigenvalue weighted by Crippen LogP contribution is 2.40. The largest absolute Gasteiger partial charge is 0.302 e. The first-order valence-corrected chi connectivity index (χ1v) is 9.90. The lowest BCUT2D eigenvalue weighted by Crippen LogP contribution is -2.38. The van der Waals surface area contributed by atoms with E-state index in [1.165, 1.54) is 25.7 Å². The molecule has 118 valence electrons. The van der Waals surface area contributed by atoms with Gasteiger partial charge in [-0.15, -0.1) is 0 Å². The molecule has 0 amide bonds. The van der Waals surface area contributed by atoms with Crippen molar-refractivity contribution in [3.05, 3.63) is 0 Å². The van der Waals surface area contributed by atoms with E-state index in [-0.39, 0.29) is 6.04 Å². The second kappa shape index (κ2) is 5.96. The Morgan fingerprint density at radius 2 is 1.65 bits per heavy atom. The monoisotopic (exact) mass is 301 g/mol. The Balaban J connectivity index is 1.78. The molecule has 1 aliphatic heterocycles. The quantitative estimate of drug-likeness (QED) is 0.804. The van der Waals surface area contributed by atoms with Crippen LogP contribution in [0.25, 0.3) is 0 Å². The molecule has 1 heterocycles. The first-order valence-electron chi connectivity index (χ1n) is 8.08. The summed E-state index contributed by atoms with van der Waals surface area (Å²) in [5.41, 5.74) is 0.441. The highest BCUT2D eigenvalue weighted by molar-refractivity contribution is 7.91. The van der Waals surface area contributed by atoms with Gasteiger partial charge in [-0.3, -0.25) is 0 Å². The van der Waals surface area contributed by atoms with Crippen molar-refractivity contribution in [3.63, 3.8) is 0 Å². The fraction of sp³-hybridized carbons (Fsp3) is 1.00. The van der Waals surface area contributed by atoms with E-state index < -0.39 is 9.84 Å². The Hall–Kier alpha value is -0.0900. The van der Waals surface area contributed by atoms with E-state index in [9.17, 15) is 8.42 Å². The van der Waals surface area contributed by atoms with Crippen LogP contribution in [0.15, 0.2) is 0 Å². The van der Waals surface area contributed by atoms with Gasteiger partial charge in [0.1, 0.15) is 0 Å². The van der Waals surface area contributed by atoms with Crippen molar-refractivity contribution in [3.8, 4) is 0 Å². The molecule has 1 saturated heterocycles. The molecule has 1 unspecified atom stereocenters. The van der Waals surface area contributed by atoms with E-state index in [2.05, 4.69) is 32.7 Å². The first-order chi connectivity index (χ1) is 9.17. The topological polar surface area (TPSA) is 37.4 Å². The van der Waals surface area contributed by atoms with Gasteiger partial charge in [0.2, 0.25) is 0 Å². The van der Waals surface area contributed by atoms with Gasteiger partial charge in [0.25, 0.3) is 0 Å². The van der Waals surface area contributed by atoms with E-state index in [1.54, 1.807) is 0 Å². The number of nitrogens with zero attached hydrogens (tertiary/aromatic N) is 1. The molecule has 0 aromatic rings. The third-order valence-electron chi connectivity index (χ3n) is 5.45.